The number of nitrogens with one attached hydrogen (secondary N) is 1. The van der Waals surface area contributed by atoms with Gasteiger partial charge in [-0.3, -0.25) is 4.79 Å². The Balaban J connectivity index is 1.83. The van der Waals surface area contributed by atoms with Gasteiger partial charge in [0.15, 0.2) is 0 Å². The van der Waals surface area contributed by atoms with Crippen molar-refractivity contribution in [2.45, 2.75) is 58.4 Å². The zero-order valence-corrected chi connectivity index (χ0v) is 12.4. The highest BCUT2D eigenvalue weighted by Gasteiger charge is 2.57. The monoisotopic (exact) mass is 265 g/mol. The zero-order valence-electron chi connectivity index (χ0n) is 12.4. The van der Waals surface area contributed by atoms with E-state index in [1.165, 1.54) is 12.8 Å². The first-order valence-electron chi connectivity index (χ1n) is 7.75. The Morgan fingerprint density at radius 1 is 1.21 bits per heavy atom. The van der Waals surface area contributed by atoms with Gasteiger partial charge in [0.25, 0.3) is 0 Å². The molecule has 0 heterocycles. The standard InChI is InChI=1S/C16H27NO2/c1-15(2,3)14-11-4-10-5-12(14)8-16(6-10,7-11)17-13(19)9-18/h10-12,14,18H,4-9H2,1-3H3,(H,17,19). The number of aliphatic hydroxyl groups is 1. The Morgan fingerprint density at radius 3 is 2.26 bits per heavy atom. The summed E-state index contributed by atoms with van der Waals surface area (Å²) >= 11 is 0. The summed E-state index contributed by atoms with van der Waals surface area (Å²) in [4.78, 5) is 11.6. The quantitative estimate of drug-likeness (QED) is 0.805. The summed E-state index contributed by atoms with van der Waals surface area (Å²) in [6.45, 7) is 6.75. The van der Waals surface area contributed by atoms with Gasteiger partial charge >= 0.3 is 0 Å². The molecule has 0 radical (unpaired) electrons. The van der Waals surface area contributed by atoms with Crippen LogP contribution in [0.3, 0.4) is 0 Å². The predicted molar refractivity (Wildman–Crippen MR) is 74.5 cm³/mol. The van der Waals surface area contributed by atoms with E-state index in [-0.39, 0.29) is 18.1 Å². The number of amides is 1. The summed E-state index contributed by atoms with van der Waals surface area (Å²) in [6.07, 6.45) is 6.12. The molecule has 1 amide bonds. The minimum atomic E-state index is -0.371. The van der Waals surface area contributed by atoms with E-state index in [9.17, 15) is 4.79 Å². The number of carbonyl (C=O) groups is 1. The van der Waals surface area contributed by atoms with E-state index in [0.717, 1.165) is 42.9 Å². The molecular weight excluding hydrogens is 238 g/mol. The summed E-state index contributed by atoms with van der Waals surface area (Å²) in [5.74, 6) is 2.96. The van der Waals surface area contributed by atoms with E-state index >= 15 is 0 Å². The second kappa shape index (κ2) is 4.21. The van der Waals surface area contributed by atoms with Gasteiger partial charge < -0.3 is 10.4 Å². The lowest BCUT2D eigenvalue weighted by Crippen LogP contribution is -2.64. The molecule has 3 nitrogen and oxygen atoms in total. The maximum Gasteiger partial charge on any atom is 0.246 e. The predicted octanol–water partition coefficient (Wildman–Crippen LogP) is 2.34. The second-order valence-corrected chi connectivity index (χ2v) is 8.35. The van der Waals surface area contributed by atoms with Crippen molar-refractivity contribution in [3.05, 3.63) is 0 Å². The first-order valence-corrected chi connectivity index (χ1v) is 7.75. The minimum absolute atomic E-state index is 0.0120. The highest BCUT2D eigenvalue weighted by molar-refractivity contribution is 5.77. The molecule has 19 heavy (non-hydrogen) atoms. The lowest BCUT2D eigenvalue weighted by Gasteiger charge is -2.63. The molecule has 0 aliphatic heterocycles. The Kier molecular flexibility index (Phi) is 2.97. The highest BCUT2D eigenvalue weighted by Crippen LogP contribution is 2.62. The van der Waals surface area contributed by atoms with Crippen molar-refractivity contribution in [3.63, 3.8) is 0 Å². The molecule has 4 aliphatic carbocycles. The molecule has 0 saturated heterocycles. The fraction of sp³-hybridized carbons (Fsp3) is 0.938. The Labute approximate surface area is 116 Å². The van der Waals surface area contributed by atoms with E-state index in [4.69, 9.17) is 5.11 Å². The number of hydrogen-bond donors (Lipinski definition) is 2. The van der Waals surface area contributed by atoms with Crippen LogP contribution in [0.15, 0.2) is 0 Å². The van der Waals surface area contributed by atoms with Crippen molar-refractivity contribution in [2.75, 3.05) is 6.61 Å². The fourth-order valence-electron chi connectivity index (χ4n) is 5.93. The third kappa shape index (κ3) is 2.20. The zero-order chi connectivity index (χ0) is 13.8. The summed E-state index contributed by atoms with van der Waals surface area (Å²) in [7, 11) is 0. The lowest BCUT2D eigenvalue weighted by atomic mass is 9.45. The van der Waals surface area contributed by atoms with Crippen molar-refractivity contribution in [2.24, 2.45) is 29.1 Å². The minimum Gasteiger partial charge on any atom is -0.387 e. The number of hydrogen-bond acceptors (Lipinski definition) is 2. The summed E-state index contributed by atoms with van der Waals surface area (Å²) in [5, 5.41) is 12.2. The van der Waals surface area contributed by atoms with Crippen molar-refractivity contribution in [1.29, 1.82) is 0 Å². The first kappa shape index (κ1) is 13.4. The third-order valence-corrected chi connectivity index (χ3v) is 5.82. The summed E-state index contributed by atoms with van der Waals surface area (Å²) in [6, 6.07) is 0. The van der Waals surface area contributed by atoms with Crippen molar-refractivity contribution in [1.82, 2.24) is 5.32 Å². The van der Waals surface area contributed by atoms with E-state index in [2.05, 4.69) is 26.1 Å². The number of aliphatic hydroxyl groups excluding tert-OH is 1. The average molecular weight is 265 g/mol. The molecule has 2 unspecified atom stereocenters. The van der Waals surface area contributed by atoms with Gasteiger partial charge in [0.05, 0.1) is 0 Å². The van der Waals surface area contributed by atoms with Gasteiger partial charge in [-0.1, -0.05) is 20.8 Å². The lowest BCUT2D eigenvalue weighted by molar-refractivity contribution is -0.136. The molecule has 3 heteroatoms. The van der Waals surface area contributed by atoms with Crippen LogP contribution in [0.1, 0.15) is 52.9 Å². The van der Waals surface area contributed by atoms with Gasteiger partial charge in [-0.15, -0.1) is 0 Å². The van der Waals surface area contributed by atoms with Gasteiger partial charge in [-0.05, 0) is 61.2 Å². The molecule has 0 spiro atoms. The van der Waals surface area contributed by atoms with Gasteiger partial charge in [0.1, 0.15) is 6.61 Å². The Morgan fingerprint density at radius 2 is 1.79 bits per heavy atom. The first-order chi connectivity index (χ1) is 8.83. The fourth-order valence-corrected chi connectivity index (χ4v) is 5.93. The molecule has 4 saturated carbocycles. The van der Waals surface area contributed by atoms with Crippen LogP contribution < -0.4 is 5.32 Å². The maximum absolute atomic E-state index is 11.6. The van der Waals surface area contributed by atoms with Crippen LogP contribution in [-0.4, -0.2) is 23.2 Å². The van der Waals surface area contributed by atoms with Crippen molar-refractivity contribution >= 4 is 5.91 Å². The van der Waals surface area contributed by atoms with Gasteiger partial charge in [-0.25, -0.2) is 0 Å². The van der Waals surface area contributed by atoms with Crippen LogP contribution in [0.2, 0.25) is 0 Å². The third-order valence-electron chi connectivity index (χ3n) is 5.82. The molecule has 0 aromatic carbocycles. The molecule has 4 fully saturated rings. The van der Waals surface area contributed by atoms with E-state index in [0.29, 0.717) is 5.41 Å². The number of carbonyl (C=O) groups excluding carboxylic acids is 1. The van der Waals surface area contributed by atoms with E-state index in [1.54, 1.807) is 0 Å². The van der Waals surface area contributed by atoms with E-state index in [1.807, 2.05) is 0 Å². The SMILES string of the molecule is CC(C)(C)C1C2CC3CC1CC(NC(=O)CO)(C3)C2. The van der Waals surface area contributed by atoms with Gasteiger partial charge in [0, 0.05) is 5.54 Å². The molecule has 4 aliphatic rings. The van der Waals surface area contributed by atoms with Crippen LogP contribution in [-0.2, 0) is 4.79 Å². The van der Waals surface area contributed by atoms with Crippen LogP contribution in [0.5, 0.6) is 0 Å². The van der Waals surface area contributed by atoms with Crippen molar-refractivity contribution < 1.29 is 9.90 Å². The molecule has 108 valence electrons. The van der Waals surface area contributed by atoms with Crippen LogP contribution >= 0.6 is 0 Å². The van der Waals surface area contributed by atoms with Crippen LogP contribution in [0, 0.1) is 29.1 Å². The largest absolute Gasteiger partial charge is 0.387 e. The molecule has 4 rings (SSSR count). The summed E-state index contributed by atoms with van der Waals surface area (Å²) < 4.78 is 0. The van der Waals surface area contributed by atoms with Crippen LogP contribution in [0.25, 0.3) is 0 Å². The smallest absolute Gasteiger partial charge is 0.246 e. The molecule has 0 aromatic rings. The second-order valence-electron chi connectivity index (χ2n) is 8.35. The Bertz CT molecular complexity index is 369. The molecule has 2 atom stereocenters. The average Bonchev–Trinajstić information content (AvgIpc) is 2.24. The van der Waals surface area contributed by atoms with Gasteiger partial charge in [0.2, 0.25) is 5.91 Å². The molecular formula is C16H27NO2. The van der Waals surface area contributed by atoms with E-state index < -0.39 is 0 Å². The number of rotatable bonds is 2. The topological polar surface area (TPSA) is 49.3 Å². The normalized spacial score (nSPS) is 44.4. The molecule has 2 N–H and O–H groups in total. The van der Waals surface area contributed by atoms with Crippen LogP contribution in [0.4, 0.5) is 0 Å². The summed E-state index contributed by atoms with van der Waals surface area (Å²) in [5.41, 5.74) is 0.392. The van der Waals surface area contributed by atoms with Crippen molar-refractivity contribution in [3.8, 4) is 0 Å². The Hall–Kier alpha value is -0.570. The molecule has 4 bridgehead atoms. The maximum atomic E-state index is 11.6. The molecule has 0 aromatic heterocycles. The highest BCUT2D eigenvalue weighted by atomic mass is 16.3. The van der Waals surface area contributed by atoms with Gasteiger partial charge in [-0.2, -0.15) is 0 Å².